The van der Waals surface area contributed by atoms with E-state index in [-0.39, 0.29) is 0 Å². The zero-order valence-electron chi connectivity index (χ0n) is 11.1. The molecule has 0 fully saturated rings. The first kappa shape index (κ1) is 17.9. The predicted octanol–water partition coefficient (Wildman–Crippen LogP) is 2.72. The average Bonchev–Trinajstić information content (AvgIpc) is 2.36. The van der Waals surface area contributed by atoms with E-state index in [9.17, 15) is 31.1 Å². The second kappa shape index (κ2) is 6.28. The van der Waals surface area contributed by atoms with Gasteiger partial charge < -0.3 is 14.2 Å². The van der Waals surface area contributed by atoms with Gasteiger partial charge in [-0.05, 0) is 11.6 Å². The fourth-order valence-electron chi connectivity index (χ4n) is 1.45. The molecule has 1 aromatic heterocycles. The number of esters is 1. The van der Waals surface area contributed by atoms with Gasteiger partial charge >= 0.3 is 18.5 Å². The Hall–Kier alpha value is -2.20. The van der Waals surface area contributed by atoms with E-state index in [1.54, 1.807) is 0 Å². The van der Waals surface area contributed by atoms with E-state index in [0.29, 0.717) is 6.07 Å². The number of carbonyl (C=O) groups excluding carboxylic acids is 1. The fourth-order valence-corrected chi connectivity index (χ4v) is 1.45. The number of carbonyl (C=O) groups is 1. The topological polar surface area (TPSA) is 57.7 Å². The first-order chi connectivity index (χ1) is 9.97. The van der Waals surface area contributed by atoms with Crippen LogP contribution in [0.2, 0.25) is 0 Å². The number of halogens is 6. The lowest BCUT2D eigenvalue weighted by atomic mass is 10.1. The highest BCUT2D eigenvalue weighted by Crippen LogP contribution is 2.38. The number of rotatable bonds is 4. The number of hydrogen-bond acceptors (Lipinski definition) is 5. The minimum Gasteiger partial charge on any atom is -0.491 e. The van der Waals surface area contributed by atoms with E-state index in [0.717, 1.165) is 14.2 Å². The molecular formula is C11H9F6NO4. The van der Waals surface area contributed by atoms with Crippen LogP contribution in [-0.4, -0.2) is 31.5 Å². The van der Waals surface area contributed by atoms with Crippen molar-refractivity contribution in [3.63, 3.8) is 0 Å². The molecule has 0 saturated carbocycles. The Labute approximate surface area is 119 Å². The van der Waals surface area contributed by atoms with E-state index in [1.807, 2.05) is 0 Å². The molecule has 0 atom stereocenters. The smallest absolute Gasteiger partial charge is 0.491 e. The lowest BCUT2D eigenvalue weighted by Gasteiger charge is -2.16. The van der Waals surface area contributed by atoms with Crippen LogP contribution in [0, 0.1) is 0 Å². The first-order valence-corrected chi connectivity index (χ1v) is 5.45. The molecule has 0 unspecified atom stereocenters. The third kappa shape index (κ3) is 4.67. The second-order valence-corrected chi connectivity index (χ2v) is 3.80. The van der Waals surface area contributed by atoms with E-state index < -0.39 is 47.8 Å². The van der Waals surface area contributed by atoms with Crippen LogP contribution in [0.4, 0.5) is 26.3 Å². The molecule has 0 N–H and O–H groups in total. The lowest BCUT2D eigenvalue weighted by Crippen LogP contribution is -2.21. The molecule has 1 heterocycles. The molecule has 0 amide bonds. The van der Waals surface area contributed by atoms with Gasteiger partial charge in [0.2, 0.25) is 0 Å². The molecule has 0 saturated heterocycles. The van der Waals surface area contributed by atoms with Crippen molar-refractivity contribution in [2.45, 2.75) is 19.0 Å². The van der Waals surface area contributed by atoms with Crippen molar-refractivity contribution in [2.24, 2.45) is 0 Å². The van der Waals surface area contributed by atoms with Gasteiger partial charge in [-0.15, -0.1) is 13.2 Å². The van der Waals surface area contributed by atoms with E-state index >= 15 is 0 Å². The lowest BCUT2D eigenvalue weighted by molar-refractivity contribution is -0.277. The van der Waals surface area contributed by atoms with Crippen LogP contribution in [0.15, 0.2) is 6.07 Å². The van der Waals surface area contributed by atoms with Gasteiger partial charge in [0, 0.05) is 0 Å². The van der Waals surface area contributed by atoms with Gasteiger partial charge in [-0.1, -0.05) is 0 Å². The summed E-state index contributed by atoms with van der Waals surface area (Å²) in [6, 6.07) is 0.591. The Morgan fingerprint density at radius 3 is 2.18 bits per heavy atom. The van der Waals surface area contributed by atoms with E-state index in [4.69, 9.17) is 0 Å². The van der Waals surface area contributed by atoms with Gasteiger partial charge in [-0.25, -0.2) is 4.98 Å². The SMILES string of the molecule is COC(=O)Cc1cc(OC)c(OC(F)(F)F)nc1C(F)(F)F. The molecule has 0 aliphatic heterocycles. The summed E-state index contributed by atoms with van der Waals surface area (Å²) in [4.78, 5) is 13.9. The van der Waals surface area contributed by atoms with Gasteiger partial charge in [-0.3, -0.25) is 4.79 Å². The Balaban J connectivity index is 3.42. The van der Waals surface area contributed by atoms with Crippen molar-refractivity contribution < 1.29 is 45.3 Å². The Bertz CT molecular complexity index is 555. The van der Waals surface area contributed by atoms with Crippen molar-refractivity contribution in [3.8, 4) is 11.6 Å². The van der Waals surface area contributed by atoms with Crippen molar-refractivity contribution in [1.29, 1.82) is 0 Å². The molecule has 11 heteroatoms. The molecule has 0 aliphatic rings. The Morgan fingerprint density at radius 2 is 1.77 bits per heavy atom. The number of methoxy groups -OCH3 is 2. The zero-order chi connectivity index (χ0) is 17.1. The van der Waals surface area contributed by atoms with Crippen molar-refractivity contribution >= 4 is 5.97 Å². The van der Waals surface area contributed by atoms with E-state index in [2.05, 4.69) is 19.2 Å². The molecule has 5 nitrogen and oxygen atoms in total. The van der Waals surface area contributed by atoms with Gasteiger partial charge in [0.05, 0.1) is 20.6 Å². The van der Waals surface area contributed by atoms with Crippen LogP contribution >= 0.6 is 0 Å². The maximum Gasteiger partial charge on any atom is 0.574 e. The normalized spacial score (nSPS) is 12.0. The van der Waals surface area contributed by atoms with Crippen molar-refractivity contribution in [1.82, 2.24) is 4.98 Å². The van der Waals surface area contributed by atoms with Gasteiger partial charge in [0.1, 0.15) is 0 Å². The third-order valence-electron chi connectivity index (χ3n) is 2.30. The van der Waals surface area contributed by atoms with Gasteiger partial charge in [0.25, 0.3) is 5.88 Å². The summed E-state index contributed by atoms with van der Waals surface area (Å²) in [6.07, 6.45) is -11.2. The Kier molecular flexibility index (Phi) is 5.09. The number of aromatic nitrogens is 1. The first-order valence-electron chi connectivity index (χ1n) is 5.45. The summed E-state index contributed by atoms with van der Waals surface area (Å²) in [6.45, 7) is 0. The minimum absolute atomic E-state index is 0.591. The van der Waals surface area contributed by atoms with Gasteiger partial charge in [0.15, 0.2) is 11.4 Å². The molecule has 0 bridgehead atoms. The molecule has 1 rings (SSSR count). The Morgan fingerprint density at radius 1 is 1.18 bits per heavy atom. The van der Waals surface area contributed by atoms with Crippen molar-refractivity contribution in [3.05, 3.63) is 17.3 Å². The largest absolute Gasteiger partial charge is 0.574 e. The molecule has 1 aromatic rings. The summed E-state index contributed by atoms with van der Waals surface area (Å²) in [5.74, 6) is -3.14. The third-order valence-corrected chi connectivity index (χ3v) is 2.30. The van der Waals surface area contributed by atoms with E-state index in [1.165, 1.54) is 0 Å². The monoisotopic (exact) mass is 333 g/mol. The molecule has 0 radical (unpaired) electrons. The second-order valence-electron chi connectivity index (χ2n) is 3.80. The van der Waals surface area contributed by atoms with Crippen LogP contribution in [0.3, 0.4) is 0 Å². The summed E-state index contributed by atoms with van der Waals surface area (Å²) in [5.41, 5.74) is -2.40. The quantitative estimate of drug-likeness (QED) is 0.626. The highest BCUT2D eigenvalue weighted by atomic mass is 19.4. The molecule has 0 aliphatic carbocycles. The highest BCUT2D eigenvalue weighted by Gasteiger charge is 2.40. The maximum atomic E-state index is 12.9. The average molecular weight is 333 g/mol. The van der Waals surface area contributed by atoms with Crippen LogP contribution in [0.1, 0.15) is 11.3 Å². The molecule has 22 heavy (non-hydrogen) atoms. The highest BCUT2D eigenvalue weighted by molar-refractivity contribution is 5.73. The fraction of sp³-hybridized carbons (Fsp3) is 0.455. The summed E-state index contributed by atoms with van der Waals surface area (Å²) >= 11 is 0. The number of nitrogens with zero attached hydrogens (tertiary/aromatic N) is 1. The number of hydrogen-bond donors (Lipinski definition) is 0. The number of alkyl halides is 6. The summed E-state index contributed by atoms with van der Waals surface area (Å²) in [7, 11) is 1.86. The molecular weight excluding hydrogens is 324 g/mol. The standard InChI is InChI=1S/C11H9F6NO4/c1-20-6-3-5(4-7(19)21-2)8(10(12,13)14)18-9(6)22-11(15,16)17/h3H,4H2,1-2H3. The number of pyridine rings is 1. The molecule has 0 spiro atoms. The zero-order valence-corrected chi connectivity index (χ0v) is 11.1. The minimum atomic E-state index is -5.26. The van der Waals surface area contributed by atoms with Gasteiger partial charge in [-0.2, -0.15) is 13.2 Å². The molecule has 0 aromatic carbocycles. The number of ether oxygens (including phenoxy) is 3. The maximum absolute atomic E-state index is 12.9. The van der Waals surface area contributed by atoms with Crippen LogP contribution < -0.4 is 9.47 Å². The summed E-state index contributed by atoms with van der Waals surface area (Å²) < 4.78 is 87.2. The van der Waals surface area contributed by atoms with Crippen molar-refractivity contribution in [2.75, 3.05) is 14.2 Å². The summed E-state index contributed by atoms with van der Waals surface area (Å²) in [5, 5.41) is 0. The van der Waals surface area contributed by atoms with Crippen LogP contribution in [-0.2, 0) is 22.1 Å². The van der Waals surface area contributed by atoms with Crippen LogP contribution in [0.25, 0.3) is 0 Å². The predicted molar refractivity (Wildman–Crippen MR) is 58.2 cm³/mol. The van der Waals surface area contributed by atoms with Crippen LogP contribution in [0.5, 0.6) is 11.6 Å². The molecule has 124 valence electrons.